The fourth-order valence-corrected chi connectivity index (χ4v) is 1.91. The summed E-state index contributed by atoms with van der Waals surface area (Å²) in [5, 5.41) is 7.47. The minimum absolute atomic E-state index is 0.461. The number of nitrogens with zero attached hydrogens (tertiary/aromatic N) is 2. The summed E-state index contributed by atoms with van der Waals surface area (Å²) in [4.78, 5) is 0. The lowest BCUT2D eigenvalue weighted by Gasteiger charge is -2.22. The van der Waals surface area contributed by atoms with Gasteiger partial charge in [0.15, 0.2) is 0 Å². The molecule has 0 saturated carbocycles. The smallest absolute Gasteiger partial charge is 0.0599 e. The van der Waals surface area contributed by atoms with Crippen LogP contribution in [0.2, 0.25) is 0 Å². The van der Waals surface area contributed by atoms with Crippen LogP contribution in [0.25, 0.3) is 0 Å². The highest BCUT2D eigenvalue weighted by molar-refractivity contribution is 5.03. The zero-order chi connectivity index (χ0) is 10.5. The number of rotatable bonds is 4. The molecule has 1 aromatic heterocycles. The van der Waals surface area contributed by atoms with Gasteiger partial charge in [-0.25, -0.2) is 0 Å². The first-order chi connectivity index (χ1) is 7.34. The lowest BCUT2D eigenvalue weighted by Crippen LogP contribution is -2.32. The van der Waals surface area contributed by atoms with E-state index in [0.717, 1.165) is 39.0 Å². The third-order valence-electron chi connectivity index (χ3n) is 2.79. The summed E-state index contributed by atoms with van der Waals surface area (Å²) in [5.41, 5.74) is 1.26. The summed E-state index contributed by atoms with van der Waals surface area (Å²) in [6.07, 6.45) is 7.68. The van der Waals surface area contributed by atoms with E-state index >= 15 is 0 Å². The molecule has 0 bridgehead atoms. The average molecular weight is 209 g/mol. The molecule has 0 aliphatic carbocycles. The average Bonchev–Trinajstić information content (AvgIpc) is 2.66. The van der Waals surface area contributed by atoms with E-state index in [1.807, 2.05) is 24.1 Å². The fraction of sp³-hybridized carbons (Fsp3) is 0.727. The van der Waals surface area contributed by atoms with Gasteiger partial charge in [0.25, 0.3) is 0 Å². The second-order valence-electron chi connectivity index (χ2n) is 4.09. The predicted octanol–water partition coefficient (Wildman–Crippen LogP) is 0.731. The van der Waals surface area contributed by atoms with Crippen LogP contribution >= 0.6 is 0 Å². The Balaban J connectivity index is 1.65. The molecule has 1 saturated heterocycles. The number of aryl methyl sites for hydroxylation is 1. The lowest BCUT2D eigenvalue weighted by molar-refractivity contribution is 0.0349. The SMILES string of the molecule is Cn1cc(CCOC2CCNCC2)cn1. The molecule has 0 atom stereocenters. The Morgan fingerprint density at radius 3 is 3.00 bits per heavy atom. The summed E-state index contributed by atoms with van der Waals surface area (Å²) >= 11 is 0. The lowest BCUT2D eigenvalue weighted by atomic mass is 10.1. The monoisotopic (exact) mass is 209 g/mol. The van der Waals surface area contributed by atoms with Crippen LogP contribution in [-0.4, -0.2) is 35.6 Å². The van der Waals surface area contributed by atoms with E-state index in [2.05, 4.69) is 10.4 Å². The van der Waals surface area contributed by atoms with E-state index in [9.17, 15) is 0 Å². The van der Waals surface area contributed by atoms with Crippen molar-refractivity contribution in [3.8, 4) is 0 Å². The van der Waals surface area contributed by atoms with E-state index in [1.165, 1.54) is 5.56 Å². The van der Waals surface area contributed by atoms with Crippen molar-refractivity contribution in [1.82, 2.24) is 15.1 Å². The third kappa shape index (κ3) is 3.32. The number of aromatic nitrogens is 2. The van der Waals surface area contributed by atoms with Crippen LogP contribution in [0.1, 0.15) is 18.4 Å². The highest BCUT2D eigenvalue weighted by Gasteiger charge is 2.12. The maximum absolute atomic E-state index is 5.82. The minimum Gasteiger partial charge on any atom is -0.378 e. The van der Waals surface area contributed by atoms with Gasteiger partial charge in [-0.1, -0.05) is 0 Å². The van der Waals surface area contributed by atoms with Gasteiger partial charge >= 0.3 is 0 Å². The Kier molecular flexibility index (Phi) is 3.75. The van der Waals surface area contributed by atoms with E-state index in [4.69, 9.17) is 4.74 Å². The second-order valence-corrected chi connectivity index (χ2v) is 4.09. The van der Waals surface area contributed by atoms with Crippen molar-refractivity contribution in [2.45, 2.75) is 25.4 Å². The summed E-state index contributed by atoms with van der Waals surface area (Å²) in [6, 6.07) is 0. The quantitative estimate of drug-likeness (QED) is 0.794. The van der Waals surface area contributed by atoms with Gasteiger partial charge in [-0.3, -0.25) is 4.68 Å². The molecule has 4 heteroatoms. The molecular weight excluding hydrogens is 190 g/mol. The van der Waals surface area contributed by atoms with Crippen molar-refractivity contribution < 1.29 is 4.74 Å². The highest BCUT2D eigenvalue weighted by atomic mass is 16.5. The first kappa shape index (κ1) is 10.6. The Bertz CT molecular complexity index is 292. The molecule has 0 radical (unpaired) electrons. The molecule has 0 spiro atoms. The maximum atomic E-state index is 5.82. The molecule has 4 nitrogen and oxygen atoms in total. The van der Waals surface area contributed by atoms with Crippen LogP contribution in [0.5, 0.6) is 0 Å². The summed E-state index contributed by atoms with van der Waals surface area (Å²) in [6.45, 7) is 3.01. The summed E-state index contributed by atoms with van der Waals surface area (Å²) in [7, 11) is 1.94. The second kappa shape index (κ2) is 5.28. The van der Waals surface area contributed by atoms with E-state index in [-0.39, 0.29) is 0 Å². The van der Waals surface area contributed by atoms with Gasteiger partial charge in [0.2, 0.25) is 0 Å². The highest BCUT2D eigenvalue weighted by Crippen LogP contribution is 2.08. The van der Waals surface area contributed by atoms with Crippen LogP contribution in [0.4, 0.5) is 0 Å². The van der Waals surface area contributed by atoms with Crippen molar-refractivity contribution in [1.29, 1.82) is 0 Å². The Morgan fingerprint density at radius 2 is 2.33 bits per heavy atom. The molecule has 15 heavy (non-hydrogen) atoms. The summed E-state index contributed by atoms with van der Waals surface area (Å²) < 4.78 is 7.65. The van der Waals surface area contributed by atoms with Crippen molar-refractivity contribution in [3.05, 3.63) is 18.0 Å². The minimum atomic E-state index is 0.461. The molecule has 1 aliphatic heterocycles. The zero-order valence-corrected chi connectivity index (χ0v) is 9.28. The van der Waals surface area contributed by atoms with Gasteiger partial charge in [-0.15, -0.1) is 0 Å². The van der Waals surface area contributed by atoms with E-state index in [0.29, 0.717) is 6.10 Å². The van der Waals surface area contributed by atoms with Crippen LogP contribution in [0, 0.1) is 0 Å². The van der Waals surface area contributed by atoms with Gasteiger partial charge in [0, 0.05) is 13.2 Å². The maximum Gasteiger partial charge on any atom is 0.0599 e. The first-order valence-electron chi connectivity index (χ1n) is 5.64. The molecule has 1 aliphatic rings. The van der Waals surface area contributed by atoms with Crippen LogP contribution in [-0.2, 0) is 18.2 Å². The van der Waals surface area contributed by atoms with Crippen LogP contribution < -0.4 is 5.32 Å². The Hall–Kier alpha value is -0.870. The van der Waals surface area contributed by atoms with Gasteiger partial charge in [0.05, 0.1) is 18.9 Å². The molecule has 0 unspecified atom stereocenters. The number of nitrogens with one attached hydrogen (secondary N) is 1. The molecule has 1 N–H and O–H groups in total. The van der Waals surface area contributed by atoms with Crippen LogP contribution in [0.3, 0.4) is 0 Å². The van der Waals surface area contributed by atoms with Crippen LogP contribution in [0.15, 0.2) is 12.4 Å². The number of hydrogen-bond donors (Lipinski definition) is 1. The van der Waals surface area contributed by atoms with E-state index < -0.39 is 0 Å². The van der Waals surface area contributed by atoms with Crippen molar-refractivity contribution in [2.75, 3.05) is 19.7 Å². The number of hydrogen-bond acceptors (Lipinski definition) is 3. The van der Waals surface area contributed by atoms with Gasteiger partial charge in [-0.2, -0.15) is 5.10 Å². The normalized spacial score (nSPS) is 18.2. The third-order valence-corrected chi connectivity index (χ3v) is 2.79. The molecule has 1 fully saturated rings. The zero-order valence-electron chi connectivity index (χ0n) is 9.28. The largest absolute Gasteiger partial charge is 0.378 e. The molecule has 0 aromatic carbocycles. The topological polar surface area (TPSA) is 39.1 Å². The molecule has 84 valence electrons. The number of piperidine rings is 1. The van der Waals surface area contributed by atoms with Gasteiger partial charge in [0.1, 0.15) is 0 Å². The molecular formula is C11H19N3O. The molecule has 0 amide bonds. The predicted molar refractivity (Wildman–Crippen MR) is 58.8 cm³/mol. The Labute approximate surface area is 90.6 Å². The van der Waals surface area contributed by atoms with Crippen molar-refractivity contribution in [3.63, 3.8) is 0 Å². The van der Waals surface area contributed by atoms with E-state index in [1.54, 1.807) is 0 Å². The standard InChI is InChI=1S/C11H19N3O/c1-14-9-10(8-13-14)4-7-15-11-2-5-12-6-3-11/h8-9,11-12H,2-7H2,1H3. The fourth-order valence-electron chi connectivity index (χ4n) is 1.91. The molecule has 1 aromatic rings. The summed E-state index contributed by atoms with van der Waals surface area (Å²) in [5.74, 6) is 0. The molecule has 2 heterocycles. The molecule has 2 rings (SSSR count). The van der Waals surface area contributed by atoms with Crippen molar-refractivity contribution >= 4 is 0 Å². The van der Waals surface area contributed by atoms with Gasteiger partial charge < -0.3 is 10.1 Å². The van der Waals surface area contributed by atoms with Crippen molar-refractivity contribution in [2.24, 2.45) is 7.05 Å². The van der Waals surface area contributed by atoms with Gasteiger partial charge in [-0.05, 0) is 37.9 Å². The Morgan fingerprint density at radius 1 is 1.53 bits per heavy atom. The first-order valence-corrected chi connectivity index (χ1v) is 5.64. The number of ether oxygens (including phenoxy) is 1.